The lowest BCUT2D eigenvalue weighted by Crippen LogP contribution is -2.32. The summed E-state index contributed by atoms with van der Waals surface area (Å²) >= 11 is 0. The van der Waals surface area contributed by atoms with E-state index in [4.69, 9.17) is 9.47 Å². The molecule has 1 saturated carbocycles. The topological polar surface area (TPSA) is 84.9 Å². The Kier molecular flexibility index (Phi) is 4.69. The molecular weight excluding hydrogens is 312 g/mol. The summed E-state index contributed by atoms with van der Waals surface area (Å²) in [4.78, 5) is 37.4. The van der Waals surface area contributed by atoms with E-state index in [-0.39, 0.29) is 37.4 Å². The first-order valence-corrected chi connectivity index (χ1v) is 7.98. The average molecular weight is 332 g/mol. The Morgan fingerprint density at radius 2 is 2.04 bits per heavy atom. The molecule has 7 nitrogen and oxygen atoms in total. The molecule has 7 heteroatoms. The van der Waals surface area contributed by atoms with Crippen LogP contribution in [0.1, 0.15) is 19.3 Å². The van der Waals surface area contributed by atoms with Crippen LogP contribution in [0.15, 0.2) is 24.3 Å². The third kappa shape index (κ3) is 3.67. The molecule has 0 aromatic heterocycles. The predicted octanol–water partition coefficient (Wildman–Crippen LogP) is 0.870. The van der Waals surface area contributed by atoms with Gasteiger partial charge in [-0.15, -0.1) is 0 Å². The van der Waals surface area contributed by atoms with Gasteiger partial charge in [0, 0.05) is 19.0 Å². The minimum Gasteiger partial charge on any atom is -0.495 e. The van der Waals surface area contributed by atoms with Gasteiger partial charge in [0.1, 0.15) is 5.75 Å². The lowest BCUT2D eigenvalue weighted by molar-refractivity contribution is -0.152. The minimum absolute atomic E-state index is 0.0706. The highest BCUT2D eigenvalue weighted by atomic mass is 16.5. The first kappa shape index (κ1) is 16.3. The third-order valence-corrected chi connectivity index (χ3v) is 4.12. The van der Waals surface area contributed by atoms with E-state index >= 15 is 0 Å². The van der Waals surface area contributed by atoms with Crippen LogP contribution in [0.3, 0.4) is 0 Å². The van der Waals surface area contributed by atoms with Crippen molar-refractivity contribution in [2.75, 3.05) is 25.2 Å². The number of rotatable bonds is 6. The molecule has 2 aliphatic rings. The largest absolute Gasteiger partial charge is 0.495 e. The van der Waals surface area contributed by atoms with E-state index in [0.717, 1.165) is 12.8 Å². The number of esters is 1. The smallest absolute Gasteiger partial charge is 0.311 e. The van der Waals surface area contributed by atoms with Gasteiger partial charge in [-0.3, -0.25) is 14.4 Å². The molecule has 1 aliphatic carbocycles. The zero-order valence-corrected chi connectivity index (χ0v) is 13.5. The Balaban J connectivity index is 1.57. The number of benzene rings is 1. The van der Waals surface area contributed by atoms with Crippen molar-refractivity contribution in [3.63, 3.8) is 0 Å². The SMILES string of the molecule is COc1ccccc1N1C[C@@H](C(=O)OCC(=O)NC2CC2)CC1=O. The van der Waals surface area contributed by atoms with Crippen molar-refractivity contribution in [3.8, 4) is 5.75 Å². The van der Waals surface area contributed by atoms with Gasteiger partial charge in [0.2, 0.25) is 5.91 Å². The number of hydrogen-bond acceptors (Lipinski definition) is 5. The Morgan fingerprint density at radius 3 is 2.75 bits per heavy atom. The number of carbonyl (C=O) groups is 3. The van der Waals surface area contributed by atoms with Gasteiger partial charge in [0.05, 0.1) is 18.7 Å². The van der Waals surface area contributed by atoms with Crippen LogP contribution in [0.25, 0.3) is 0 Å². The average Bonchev–Trinajstić information content (AvgIpc) is 3.31. The summed E-state index contributed by atoms with van der Waals surface area (Å²) in [6, 6.07) is 7.38. The molecule has 1 saturated heterocycles. The lowest BCUT2D eigenvalue weighted by Gasteiger charge is -2.19. The molecule has 0 unspecified atom stereocenters. The van der Waals surface area contributed by atoms with E-state index in [1.807, 2.05) is 6.07 Å². The molecule has 0 radical (unpaired) electrons. The first-order chi connectivity index (χ1) is 11.6. The molecule has 2 amide bonds. The highest BCUT2D eigenvalue weighted by Gasteiger charge is 2.37. The summed E-state index contributed by atoms with van der Waals surface area (Å²) in [6.07, 6.45) is 2.02. The summed E-state index contributed by atoms with van der Waals surface area (Å²) in [7, 11) is 1.53. The van der Waals surface area contributed by atoms with Crippen LogP contribution in [0.5, 0.6) is 5.75 Å². The quantitative estimate of drug-likeness (QED) is 0.782. The van der Waals surface area contributed by atoms with E-state index in [1.54, 1.807) is 18.2 Å². The van der Waals surface area contributed by atoms with E-state index < -0.39 is 11.9 Å². The first-order valence-electron chi connectivity index (χ1n) is 7.98. The highest BCUT2D eigenvalue weighted by molar-refractivity contribution is 6.00. The molecular formula is C17H20N2O5. The van der Waals surface area contributed by atoms with Crippen molar-refractivity contribution >= 4 is 23.5 Å². The van der Waals surface area contributed by atoms with Crippen molar-refractivity contribution in [1.82, 2.24) is 5.32 Å². The second kappa shape index (κ2) is 6.90. The molecule has 0 spiro atoms. The number of amides is 2. The van der Waals surface area contributed by atoms with E-state index in [2.05, 4.69) is 5.32 Å². The molecule has 1 aliphatic heterocycles. The van der Waals surface area contributed by atoms with Crippen LogP contribution in [0.4, 0.5) is 5.69 Å². The van der Waals surface area contributed by atoms with Gasteiger partial charge in [-0.1, -0.05) is 12.1 Å². The van der Waals surface area contributed by atoms with Crippen molar-refractivity contribution in [3.05, 3.63) is 24.3 Å². The molecule has 3 rings (SSSR count). The maximum Gasteiger partial charge on any atom is 0.311 e. The number of ether oxygens (including phenoxy) is 2. The van der Waals surface area contributed by atoms with Gasteiger partial charge in [0.25, 0.3) is 5.91 Å². The fourth-order valence-corrected chi connectivity index (χ4v) is 2.70. The standard InChI is InChI=1S/C17H20N2O5/c1-23-14-5-3-2-4-13(14)19-9-11(8-16(19)21)17(22)24-10-15(20)18-12-6-7-12/h2-5,11-12H,6-10H2,1H3,(H,18,20)/t11-/m0/s1. The molecule has 1 N–H and O–H groups in total. The molecule has 1 atom stereocenters. The second-order valence-electron chi connectivity index (χ2n) is 6.03. The van der Waals surface area contributed by atoms with Gasteiger partial charge in [-0.05, 0) is 25.0 Å². The Bertz CT molecular complexity index is 656. The van der Waals surface area contributed by atoms with Crippen molar-refractivity contribution in [2.24, 2.45) is 5.92 Å². The predicted molar refractivity (Wildman–Crippen MR) is 85.6 cm³/mol. The van der Waals surface area contributed by atoms with Crippen LogP contribution < -0.4 is 15.0 Å². The molecule has 1 aromatic carbocycles. The maximum atomic E-state index is 12.2. The van der Waals surface area contributed by atoms with Crippen molar-refractivity contribution in [2.45, 2.75) is 25.3 Å². The lowest BCUT2D eigenvalue weighted by atomic mass is 10.1. The summed E-state index contributed by atoms with van der Waals surface area (Å²) in [5.74, 6) is -0.979. The fraction of sp³-hybridized carbons (Fsp3) is 0.471. The summed E-state index contributed by atoms with van der Waals surface area (Å²) in [6.45, 7) is -0.0725. The zero-order valence-electron chi connectivity index (χ0n) is 13.5. The van der Waals surface area contributed by atoms with Gasteiger partial charge >= 0.3 is 5.97 Å². The number of methoxy groups -OCH3 is 1. The number of para-hydroxylation sites is 2. The Hall–Kier alpha value is -2.57. The van der Waals surface area contributed by atoms with Crippen LogP contribution in [-0.2, 0) is 19.1 Å². The number of anilines is 1. The fourth-order valence-electron chi connectivity index (χ4n) is 2.70. The van der Waals surface area contributed by atoms with Crippen LogP contribution >= 0.6 is 0 Å². The molecule has 1 heterocycles. The van der Waals surface area contributed by atoms with Crippen LogP contribution in [0, 0.1) is 5.92 Å². The van der Waals surface area contributed by atoms with Gasteiger partial charge in [-0.25, -0.2) is 0 Å². The number of nitrogens with zero attached hydrogens (tertiary/aromatic N) is 1. The molecule has 128 valence electrons. The van der Waals surface area contributed by atoms with Crippen LogP contribution in [0.2, 0.25) is 0 Å². The molecule has 2 fully saturated rings. The van der Waals surface area contributed by atoms with Crippen LogP contribution in [-0.4, -0.2) is 44.1 Å². The summed E-state index contributed by atoms with van der Waals surface area (Å²) < 4.78 is 10.3. The van der Waals surface area contributed by atoms with E-state index in [9.17, 15) is 14.4 Å². The number of hydrogen-bond donors (Lipinski definition) is 1. The van der Waals surface area contributed by atoms with E-state index in [0.29, 0.717) is 11.4 Å². The Labute approximate surface area is 139 Å². The van der Waals surface area contributed by atoms with Gasteiger partial charge in [0.15, 0.2) is 6.61 Å². The number of carbonyl (C=O) groups excluding carboxylic acids is 3. The maximum absolute atomic E-state index is 12.2. The number of nitrogens with one attached hydrogen (secondary N) is 1. The third-order valence-electron chi connectivity index (χ3n) is 4.12. The molecule has 0 bridgehead atoms. The van der Waals surface area contributed by atoms with Gasteiger partial charge in [-0.2, -0.15) is 0 Å². The summed E-state index contributed by atoms with van der Waals surface area (Å²) in [5, 5.41) is 2.75. The van der Waals surface area contributed by atoms with Gasteiger partial charge < -0.3 is 19.7 Å². The zero-order chi connectivity index (χ0) is 17.1. The molecule has 1 aromatic rings. The monoisotopic (exact) mass is 332 g/mol. The summed E-state index contributed by atoms with van der Waals surface area (Å²) in [5.41, 5.74) is 0.631. The normalized spacial score (nSPS) is 20.0. The minimum atomic E-state index is -0.573. The second-order valence-corrected chi connectivity index (χ2v) is 6.03. The van der Waals surface area contributed by atoms with E-state index in [1.165, 1.54) is 12.0 Å². The highest BCUT2D eigenvalue weighted by Crippen LogP contribution is 2.33. The van der Waals surface area contributed by atoms with Crippen molar-refractivity contribution in [1.29, 1.82) is 0 Å². The Morgan fingerprint density at radius 1 is 1.29 bits per heavy atom. The van der Waals surface area contributed by atoms with Crippen molar-refractivity contribution < 1.29 is 23.9 Å². The molecule has 24 heavy (non-hydrogen) atoms.